The van der Waals surface area contributed by atoms with Gasteiger partial charge in [-0.1, -0.05) is 0 Å². The summed E-state index contributed by atoms with van der Waals surface area (Å²) in [7, 11) is 0. The molecule has 0 atom stereocenters. The number of benzene rings is 1. The SMILES string of the molecule is ONCc1c(F)c(F)c(F)c(F)c1F. The Kier molecular flexibility index (Phi) is 3.02. The Morgan fingerprint density at radius 1 is 0.786 bits per heavy atom. The first-order valence-electron chi connectivity index (χ1n) is 3.38. The third-order valence-corrected chi connectivity index (χ3v) is 1.56. The van der Waals surface area contributed by atoms with Gasteiger partial charge in [0, 0.05) is 5.56 Å². The van der Waals surface area contributed by atoms with Crippen molar-refractivity contribution in [2.24, 2.45) is 0 Å². The lowest BCUT2D eigenvalue weighted by Gasteiger charge is -2.06. The van der Waals surface area contributed by atoms with Crippen molar-refractivity contribution in [1.82, 2.24) is 5.48 Å². The lowest BCUT2D eigenvalue weighted by molar-refractivity contribution is 0.157. The van der Waals surface area contributed by atoms with Crippen molar-refractivity contribution in [1.29, 1.82) is 0 Å². The van der Waals surface area contributed by atoms with Crippen LogP contribution in [-0.2, 0) is 6.54 Å². The minimum absolute atomic E-state index is 0.869. The molecule has 0 radical (unpaired) electrons. The third-order valence-electron chi connectivity index (χ3n) is 1.56. The Morgan fingerprint density at radius 3 is 1.50 bits per heavy atom. The van der Waals surface area contributed by atoms with Crippen LogP contribution in [-0.4, -0.2) is 5.21 Å². The van der Waals surface area contributed by atoms with E-state index in [1.807, 2.05) is 0 Å². The highest BCUT2D eigenvalue weighted by atomic mass is 19.2. The van der Waals surface area contributed by atoms with Gasteiger partial charge in [0.15, 0.2) is 23.3 Å². The van der Waals surface area contributed by atoms with E-state index in [0.29, 0.717) is 0 Å². The van der Waals surface area contributed by atoms with Crippen LogP contribution in [0, 0.1) is 29.1 Å². The summed E-state index contributed by atoms with van der Waals surface area (Å²) in [6.07, 6.45) is 0. The molecule has 0 saturated carbocycles. The molecule has 0 spiro atoms. The molecule has 7 heteroatoms. The van der Waals surface area contributed by atoms with Crippen molar-refractivity contribution >= 4 is 0 Å². The number of nitrogens with one attached hydrogen (secondary N) is 1. The Hall–Kier alpha value is -1.21. The lowest BCUT2D eigenvalue weighted by Crippen LogP contribution is -2.14. The smallest absolute Gasteiger partial charge is 0.200 e. The minimum Gasteiger partial charge on any atom is -0.316 e. The van der Waals surface area contributed by atoms with Crippen LogP contribution in [0.1, 0.15) is 5.56 Å². The number of hydrogen-bond donors (Lipinski definition) is 2. The Bertz CT molecular complexity index is 339. The van der Waals surface area contributed by atoms with Crippen LogP contribution in [0.4, 0.5) is 22.0 Å². The van der Waals surface area contributed by atoms with E-state index in [0.717, 1.165) is 0 Å². The van der Waals surface area contributed by atoms with E-state index in [1.165, 1.54) is 5.48 Å². The van der Waals surface area contributed by atoms with Gasteiger partial charge in [0.1, 0.15) is 0 Å². The zero-order valence-corrected chi connectivity index (χ0v) is 6.54. The lowest BCUT2D eigenvalue weighted by atomic mass is 10.1. The molecule has 0 amide bonds. The summed E-state index contributed by atoms with van der Waals surface area (Å²) in [4.78, 5) is 0. The molecule has 14 heavy (non-hydrogen) atoms. The first-order chi connectivity index (χ1) is 6.50. The first-order valence-corrected chi connectivity index (χ1v) is 3.38. The molecule has 78 valence electrons. The van der Waals surface area contributed by atoms with Crippen LogP contribution in [0.5, 0.6) is 0 Å². The fraction of sp³-hybridized carbons (Fsp3) is 0.143. The fourth-order valence-electron chi connectivity index (χ4n) is 0.885. The van der Waals surface area contributed by atoms with Gasteiger partial charge in [0.25, 0.3) is 0 Å². The van der Waals surface area contributed by atoms with Crippen molar-refractivity contribution in [3.05, 3.63) is 34.6 Å². The maximum absolute atomic E-state index is 12.7. The average molecular weight is 213 g/mol. The fourth-order valence-corrected chi connectivity index (χ4v) is 0.885. The molecule has 0 aliphatic rings. The molecule has 1 rings (SSSR count). The third kappa shape index (κ3) is 1.55. The molecule has 2 nitrogen and oxygen atoms in total. The second-order valence-electron chi connectivity index (χ2n) is 2.38. The molecule has 1 aromatic carbocycles. The predicted octanol–water partition coefficient (Wildman–Crippen LogP) is 1.86. The first kappa shape index (κ1) is 10.9. The van der Waals surface area contributed by atoms with E-state index in [2.05, 4.69) is 0 Å². The van der Waals surface area contributed by atoms with Gasteiger partial charge in [-0.2, -0.15) is 0 Å². The van der Waals surface area contributed by atoms with E-state index >= 15 is 0 Å². The van der Waals surface area contributed by atoms with Gasteiger partial charge in [-0.05, 0) is 0 Å². The molecule has 0 fully saturated rings. The minimum atomic E-state index is -2.22. The van der Waals surface area contributed by atoms with Gasteiger partial charge < -0.3 is 5.21 Å². The number of hydrogen-bond acceptors (Lipinski definition) is 2. The monoisotopic (exact) mass is 213 g/mol. The summed E-state index contributed by atoms with van der Waals surface area (Å²) in [5.74, 6) is -10.2. The average Bonchev–Trinajstić information content (AvgIpc) is 2.19. The van der Waals surface area contributed by atoms with E-state index in [9.17, 15) is 22.0 Å². The highest BCUT2D eigenvalue weighted by molar-refractivity contribution is 5.23. The van der Waals surface area contributed by atoms with Crippen LogP contribution < -0.4 is 5.48 Å². The van der Waals surface area contributed by atoms with Crippen LogP contribution in [0.3, 0.4) is 0 Å². The van der Waals surface area contributed by atoms with Crippen molar-refractivity contribution in [3.8, 4) is 0 Å². The van der Waals surface area contributed by atoms with E-state index in [1.54, 1.807) is 0 Å². The summed E-state index contributed by atoms with van der Waals surface area (Å²) in [6, 6.07) is 0. The highest BCUT2D eigenvalue weighted by Crippen LogP contribution is 2.22. The summed E-state index contributed by atoms with van der Waals surface area (Å²) >= 11 is 0. The van der Waals surface area contributed by atoms with Crippen molar-refractivity contribution in [2.75, 3.05) is 0 Å². The maximum Gasteiger partial charge on any atom is 0.200 e. The van der Waals surface area contributed by atoms with Crippen LogP contribution in [0.15, 0.2) is 0 Å². The molecule has 0 saturated heterocycles. The molecule has 0 aromatic heterocycles. The van der Waals surface area contributed by atoms with Gasteiger partial charge in [-0.25, -0.2) is 27.4 Å². The zero-order chi connectivity index (χ0) is 10.9. The van der Waals surface area contributed by atoms with Gasteiger partial charge >= 0.3 is 0 Å². The summed E-state index contributed by atoms with van der Waals surface area (Å²) in [6.45, 7) is -0.869. The number of hydroxylamine groups is 1. The quantitative estimate of drug-likeness (QED) is 0.340. The molecule has 0 aliphatic carbocycles. The maximum atomic E-state index is 12.7. The van der Waals surface area contributed by atoms with Crippen LogP contribution >= 0.6 is 0 Å². The van der Waals surface area contributed by atoms with E-state index < -0.39 is 41.2 Å². The molecule has 0 bridgehead atoms. The molecule has 0 aliphatic heterocycles. The largest absolute Gasteiger partial charge is 0.316 e. The van der Waals surface area contributed by atoms with Gasteiger partial charge in [0.05, 0.1) is 6.54 Å². The van der Waals surface area contributed by atoms with Crippen molar-refractivity contribution in [2.45, 2.75) is 6.54 Å². The Morgan fingerprint density at radius 2 is 1.14 bits per heavy atom. The van der Waals surface area contributed by atoms with Crippen LogP contribution in [0.2, 0.25) is 0 Å². The molecular formula is C7H4F5NO. The molecule has 0 heterocycles. The molecule has 2 N–H and O–H groups in total. The van der Waals surface area contributed by atoms with Crippen molar-refractivity contribution in [3.63, 3.8) is 0 Å². The van der Waals surface area contributed by atoms with E-state index in [-0.39, 0.29) is 0 Å². The summed E-state index contributed by atoms with van der Waals surface area (Å²) < 4.78 is 62.8. The standard InChI is InChI=1S/C7H4F5NO/c8-3-2(1-13-14)4(9)6(11)7(12)5(3)10/h13-14H,1H2. The number of halogens is 5. The number of rotatable bonds is 2. The van der Waals surface area contributed by atoms with Gasteiger partial charge in [-0.3, -0.25) is 0 Å². The van der Waals surface area contributed by atoms with Gasteiger partial charge in [-0.15, -0.1) is 0 Å². The second-order valence-corrected chi connectivity index (χ2v) is 2.38. The summed E-state index contributed by atoms with van der Waals surface area (Å²) in [5.41, 5.74) is 0.196. The topological polar surface area (TPSA) is 32.3 Å². The zero-order valence-electron chi connectivity index (χ0n) is 6.54. The summed E-state index contributed by atoms with van der Waals surface area (Å²) in [5, 5.41) is 8.10. The molecular weight excluding hydrogens is 209 g/mol. The Balaban J connectivity index is 3.43. The molecule has 1 aromatic rings. The second kappa shape index (κ2) is 3.89. The highest BCUT2D eigenvalue weighted by Gasteiger charge is 2.24. The van der Waals surface area contributed by atoms with E-state index in [4.69, 9.17) is 5.21 Å². The normalized spacial score (nSPS) is 10.7. The predicted molar refractivity (Wildman–Crippen MR) is 34.9 cm³/mol. The van der Waals surface area contributed by atoms with Crippen LogP contribution in [0.25, 0.3) is 0 Å². The van der Waals surface area contributed by atoms with Gasteiger partial charge in [0.2, 0.25) is 5.82 Å². The van der Waals surface area contributed by atoms with Crippen molar-refractivity contribution < 1.29 is 27.2 Å². The Labute approximate surface area is 74.9 Å². The molecule has 0 unspecified atom stereocenters.